The smallest absolute Gasteiger partial charge is 0.268 e. The Kier molecular flexibility index (Phi) is 7.91. The van der Waals surface area contributed by atoms with Gasteiger partial charge in [0.15, 0.2) is 0 Å². The SMILES string of the molecule is CN(C)CCN(C)Cc1ccc(/C=C2\NC(=O)CNC2=O)cc1.Cl. The van der Waals surface area contributed by atoms with Gasteiger partial charge in [-0.15, -0.1) is 12.4 Å². The molecule has 0 spiro atoms. The summed E-state index contributed by atoms with van der Waals surface area (Å²) in [5.41, 5.74) is 2.39. The largest absolute Gasteiger partial charge is 0.342 e. The van der Waals surface area contributed by atoms with Crippen LogP contribution in [0.25, 0.3) is 6.08 Å². The van der Waals surface area contributed by atoms with Gasteiger partial charge in [0.1, 0.15) is 5.70 Å². The van der Waals surface area contributed by atoms with Gasteiger partial charge in [-0.05, 0) is 38.3 Å². The predicted octanol–water partition coefficient (Wildman–Crippen LogP) is 0.689. The van der Waals surface area contributed by atoms with Crippen molar-refractivity contribution in [2.24, 2.45) is 0 Å². The summed E-state index contributed by atoms with van der Waals surface area (Å²) >= 11 is 0. The third-order valence-electron chi connectivity index (χ3n) is 3.60. The van der Waals surface area contributed by atoms with Gasteiger partial charge in [-0.2, -0.15) is 0 Å². The van der Waals surface area contributed by atoms with Gasteiger partial charge in [0, 0.05) is 19.6 Å². The maximum absolute atomic E-state index is 11.7. The number of benzene rings is 1. The fourth-order valence-corrected chi connectivity index (χ4v) is 2.26. The van der Waals surface area contributed by atoms with E-state index < -0.39 is 0 Å². The topological polar surface area (TPSA) is 64.7 Å². The Hall–Kier alpha value is -1.89. The molecule has 0 saturated carbocycles. The Balaban J connectivity index is 0.00000288. The van der Waals surface area contributed by atoms with Crippen molar-refractivity contribution in [3.05, 3.63) is 41.1 Å². The normalized spacial score (nSPS) is 16.1. The van der Waals surface area contributed by atoms with Gasteiger partial charge in [-0.25, -0.2) is 0 Å². The van der Waals surface area contributed by atoms with Crippen LogP contribution in [0.15, 0.2) is 30.0 Å². The van der Waals surface area contributed by atoms with Crippen molar-refractivity contribution in [1.29, 1.82) is 0 Å². The zero-order chi connectivity index (χ0) is 16.8. The first-order chi connectivity index (χ1) is 10.9. The highest BCUT2D eigenvalue weighted by Gasteiger charge is 2.18. The Morgan fingerprint density at radius 3 is 2.38 bits per heavy atom. The molecule has 132 valence electrons. The zero-order valence-electron chi connectivity index (χ0n) is 14.3. The van der Waals surface area contributed by atoms with E-state index in [1.54, 1.807) is 6.08 Å². The monoisotopic (exact) mass is 352 g/mol. The molecule has 2 amide bonds. The van der Waals surface area contributed by atoms with Crippen molar-refractivity contribution in [2.45, 2.75) is 6.54 Å². The van der Waals surface area contributed by atoms with Gasteiger partial charge >= 0.3 is 0 Å². The highest BCUT2D eigenvalue weighted by atomic mass is 35.5. The number of amides is 2. The lowest BCUT2D eigenvalue weighted by molar-refractivity contribution is -0.127. The first-order valence-corrected chi connectivity index (χ1v) is 7.66. The number of nitrogens with one attached hydrogen (secondary N) is 2. The average Bonchev–Trinajstić information content (AvgIpc) is 2.51. The maximum atomic E-state index is 11.7. The highest BCUT2D eigenvalue weighted by molar-refractivity contribution is 6.05. The minimum atomic E-state index is -0.253. The molecule has 1 fully saturated rings. The number of likely N-dealkylation sites (N-methyl/N-ethyl adjacent to an activating group) is 2. The number of carbonyl (C=O) groups excluding carboxylic acids is 2. The molecular weight excluding hydrogens is 328 g/mol. The molecule has 1 saturated heterocycles. The number of hydrogen-bond donors (Lipinski definition) is 2. The fraction of sp³-hybridized carbons (Fsp3) is 0.412. The van der Waals surface area contributed by atoms with E-state index in [1.807, 2.05) is 24.3 Å². The Morgan fingerprint density at radius 1 is 1.08 bits per heavy atom. The van der Waals surface area contributed by atoms with Crippen molar-refractivity contribution in [3.63, 3.8) is 0 Å². The molecule has 1 aliphatic rings. The van der Waals surface area contributed by atoms with E-state index in [-0.39, 0.29) is 36.5 Å². The molecule has 0 atom stereocenters. The Morgan fingerprint density at radius 2 is 1.75 bits per heavy atom. The number of piperazine rings is 1. The molecule has 0 aliphatic carbocycles. The van der Waals surface area contributed by atoms with Crippen LogP contribution in [-0.4, -0.2) is 62.4 Å². The molecule has 1 heterocycles. The van der Waals surface area contributed by atoms with Crippen molar-refractivity contribution in [3.8, 4) is 0 Å². The van der Waals surface area contributed by atoms with Gasteiger partial charge < -0.3 is 20.4 Å². The van der Waals surface area contributed by atoms with E-state index in [4.69, 9.17) is 0 Å². The van der Waals surface area contributed by atoms with Crippen LogP contribution in [0.3, 0.4) is 0 Å². The van der Waals surface area contributed by atoms with Gasteiger partial charge in [-0.1, -0.05) is 24.3 Å². The van der Waals surface area contributed by atoms with Crippen LogP contribution < -0.4 is 10.6 Å². The fourth-order valence-electron chi connectivity index (χ4n) is 2.26. The molecule has 1 aromatic carbocycles. The van der Waals surface area contributed by atoms with Crippen LogP contribution in [0.1, 0.15) is 11.1 Å². The molecule has 1 aromatic rings. The third kappa shape index (κ3) is 6.31. The highest BCUT2D eigenvalue weighted by Crippen LogP contribution is 2.11. The Labute approximate surface area is 149 Å². The molecule has 1 aliphatic heterocycles. The summed E-state index contributed by atoms with van der Waals surface area (Å²) in [7, 11) is 6.23. The lowest BCUT2D eigenvalue weighted by Crippen LogP contribution is -2.46. The predicted molar refractivity (Wildman–Crippen MR) is 97.7 cm³/mol. The average molecular weight is 353 g/mol. The van der Waals surface area contributed by atoms with Crippen LogP contribution in [0.5, 0.6) is 0 Å². The van der Waals surface area contributed by atoms with E-state index in [1.165, 1.54) is 5.56 Å². The number of carbonyl (C=O) groups is 2. The van der Waals surface area contributed by atoms with Gasteiger partial charge in [0.05, 0.1) is 6.54 Å². The van der Waals surface area contributed by atoms with Crippen LogP contribution in [0.4, 0.5) is 0 Å². The van der Waals surface area contributed by atoms with Crippen LogP contribution >= 0.6 is 12.4 Å². The summed E-state index contributed by atoms with van der Waals surface area (Å²) in [5, 5.41) is 5.12. The quantitative estimate of drug-likeness (QED) is 0.739. The van der Waals surface area contributed by atoms with E-state index in [2.05, 4.69) is 41.6 Å². The molecule has 7 heteroatoms. The number of halogens is 1. The minimum Gasteiger partial charge on any atom is -0.342 e. The molecule has 2 N–H and O–H groups in total. The standard InChI is InChI=1S/C17H24N4O2.ClH/c1-20(2)8-9-21(3)12-14-6-4-13(5-7-14)10-15-17(23)18-11-16(22)19-15;/h4-7,10H,8-9,11-12H2,1-3H3,(H,18,23)(H,19,22);1H/b15-10-;. The summed E-state index contributed by atoms with van der Waals surface area (Å²) in [5.74, 6) is -0.452. The van der Waals surface area contributed by atoms with Crippen LogP contribution in [0.2, 0.25) is 0 Å². The molecule has 0 unspecified atom stereocenters. The van der Waals surface area contributed by atoms with Crippen molar-refractivity contribution in [1.82, 2.24) is 20.4 Å². The van der Waals surface area contributed by atoms with Gasteiger partial charge in [0.25, 0.3) is 5.91 Å². The lowest BCUT2D eigenvalue weighted by Gasteiger charge is -2.19. The number of nitrogens with zero attached hydrogens (tertiary/aromatic N) is 2. The Bertz CT molecular complexity index is 599. The zero-order valence-corrected chi connectivity index (χ0v) is 15.2. The van der Waals surface area contributed by atoms with E-state index in [0.29, 0.717) is 0 Å². The van der Waals surface area contributed by atoms with Crippen molar-refractivity contribution < 1.29 is 9.59 Å². The molecule has 6 nitrogen and oxygen atoms in total. The molecule has 2 rings (SSSR count). The minimum absolute atomic E-state index is 0. The summed E-state index contributed by atoms with van der Waals surface area (Å²) in [6.45, 7) is 2.94. The first kappa shape index (κ1) is 20.2. The van der Waals surface area contributed by atoms with E-state index in [9.17, 15) is 9.59 Å². The number of hydrogen-bond acceptors (Lipinski definition) is 4. The van der Waals surface area contributed by atoms with Gasteiger partial charge in [-0.3, -0.25) is 9.59 Å². The van der Waals surface area contributed by atoms with Crippen LogP contribution in [-0.2, 0) is 16.1 Å². The first-order valence-electron chi connectivity index (χ1n) is 7.66. The van der Waals surface area contributed by atoms with Crippen molar-refractivity contribution >= 4 is 30.3 Å². The molecule has 0 radical (unpaired) electrons. The lowest BCUT2D eigenvalue weighted by atomic mass is 10.1. The molecule has 0 bridgehead atoms. The summed E-state index contributed by atoms with van der Waals surface area (Å²) < 4.78 is 0. The molecule has 0 aromatic heterocycles. The third-order valence-corrected chi connectivity index (χ3v) is 3.60. The van der Waals surface area contributed by atoms with Crippen LogP contribution in [0, 0.1) is 0 Å². The molecule has 24 heavy (non-hydrogen) atoms. The second kappa shape index (κ2) is 9.42. The van der Waals surface area contributed by atoms with E-state index >= 15 is 0 Å². The second-order valence-corrected chi connectivity index (χ2v) is 6.07. The summed E-state index contributed by atoms with van der Waals surface area (Å²) in [4.78, 5) is 27.4. The second-order valence-electron chi connectivity index (χ2n) is 6.07. The molecular formula is C17H25ClN4O2. The van der Waals surface area contributed by atoms with E-state index in [0.717, 1.165) is 25.2 Å². The van der Waals surface area contributed by atoms with Crippen molar-refractivity contribution in [2.75, 3.05) is 40.8 Å². The number of rotatable bonds is 6. The van der Waals surface area contributed by atoms with Gasteiger partial charge in [0.2, 0.25) is 5.91 Å². The maximum Gasteiger partial charge on any atom is 0.268 e. The summed E-state index contributed by atoms with van der Waals surface area (Å²) in [6.07, 6.45) is 1.69. The summed E-state index contributed by atoms with van der Waals surface area (Å²) in [6, 6.07) is 7.99.